The third-order valence-corrected chi connectivity index (χ3v) is 4.85. The van der Waals surface area contributed by atoms with Crippen LogP contribution in [-0.4, -0.2) is 11.9 Å². The van der Waals surface area contributed by atoms with E-state index in [1.54, 1.807) is 11.3 Å². The number of hydrogen-bond acceptors (Lipinski definition) is 3. The molecule has 0 aliphatic heterocycles. The number of benzene rings is 2. The smallest absolute Gasteiger partial charge is 0.239 e. The maximum absolute atomic E-state index is 11.7. The lowest BCUT2D eigenvalue weighted by Crippen LogP contribution is -2.36. The number of hydrogen-bond donors (Lipinski definition) is 2. The van der Waals surface area contributed by atoms with E-state index in [2.05, 4.69) is 54.9 Å². The van der Waals surface area contributed by atoms with E-state index in [1.807, 2.05) is 17.5 Å². The van der Waals surface area contributed by atoms with Crippen LogP contribution in [0.2, 0.25) is 0 Å². The Labute approximate surface area is 146 Å². The van der Waals surface area contributed by atoms with Crippen LogP contribution in [0.5, 0.6) is 0 Å². The van der Waals surface area contributed by atoms with Gasteiger partial charge in [-0.1, -0.05) is 50.2 Å². The van der Waals surface area contributed by atoms with Crippen molar-refractivity contribution in [3.8, 4) is 11.1 Å². The molecule has 0 fully saturated rings. The Kier molecular flexibility index (Phi) is 4.86. The Bertz CT molecular complexity index is 853. The van der Waals surface area contributed by atoms with E-state index in [0.29, 0.717) is 5.92 Å². The molecule has 1 heterocycles. The second kappa shape index (κ2) is 7.05. The van der Waals surface area contributed by atoms with Crippen LogP contribution in [0.25, 0.3) is 21.9 Å². The summed E-state index contributed by atoms with van der Waals surface area (Å²) in [6.45, 7) is 4.19. The third kappa shape index (κ3) is 3.60. The zero-order valence-electron chi connectivity index (χ0n) is 14.0. The summed E-state index contributed by atoms with van der Waals surface area (Å²) in [5, 5.41) is 9.93. The first kappa shape index (κ1) is 16.5. The predicted molar refractivity (Wildman–Crippen MR) is 103 cm³/mol. The van der Waals surface area contributed by atoms with Gasteiger partial charge in [-0.25, -0.2) is 0 Å². The Balaban J connectivity index is 1.92. The molecule has 2 aromatic carbocycles. The van der Waals surface area contributed by atoms with Crippen LogP contribution in [-0.2, 0) is 4.79 Å². The highest BCUT2D eigenvalue weighted by Crippen LogP contribution is 2.34. The van der Waals surface area contributed by atoms with E-state index in [9.17, 15) is 4.79 Å². The van der Waals surface area contributed by atoms with Gasteiger partial charge in [-0.2, -0.15) is 0 Å². The van der Waals surface area contributed by atoms with E-state index >= 15 is 0 Å². The summed E-state index contributed by atoms with van der Waals surface area (Å²) in [5.41, 5.74) is 8.79. The second-order valence-corrected chi connectivity index (χ2v) is 7.23. The molecule has 1 atom stereocenters. The number of nitrogens with one attached hydrogen (secondary N) is 1. The number of thiophene rings is 1. The minimum absolute atomic E-state index is 0.306. The summed E-state index contributed by atoms with van der Waals surface area (Å²) in [5.74, 6) is 0.0946. The van der Waals surface area contributed by atoms with Gasteiger partial charge in [0.2, 0.25) is 5.91 Å². The van der Waals surface area contributed by atoms with Crippen molar-refractivity contribution in [3.63, 3.8) is 0 Å². The van der Waals surface area contributed by atoms with Gasteiger partial charge in [0.05, 0.1) is 5.69 Å². The number of amides is 1. The number of fused-ring (bicyclic) bond motifs is 1. The molecule has 0 bridgehead atoms. The standard InChI is InChI=1S/C20H22N2OS/c1-13(2)9-18(20(21)23)22-19-12-24-11-17(19)16-8-7-14-5-3-4-6-15(14)10-16/h3-8,10-13,18,22H,9H2,1-2H3,(H2,21,23)/t18-/m0/s1. The van der Waals surface area contributed by atoms with Crippen molar-refractivity contribution < 1.29 is 4.79 Å². The minimum atomic E-state index is -0.348. The first-order valence-corrected chi connectivity index (χ1v) is 9.10. The molecule has 24 heavy (non-hydrogen) atoms. The van der Waals surface area contributed by atoms with Crippen LogP contribution in [0.3, 0.4) is 0 Å². The van der Waals surface area contributed by atoms with E-state index in [4.69, 9.17) is 5.73 Å². The van der Waals surface area contributed by atoms with Gasteiger partial charge >= 0.3 is 0 Å². The van der Waals surface area contributed by atoms with Gasteiger partial charge in [0.25, 0.3) is 0 Å². The summed E-state index contributed by atoms with van der Waals surface area (Å²) in [6, 6.07) is 14.4. The SMILES string of the molecule is CC(C)C[C@H](Nc1cscc1-c1ccc2ccccc2c1)C(N)=O. The van der Waals surface area contributed by atoms with Crippen LogP contribution < -0.4 is 11.1 Å². The number of carbonyl (C=O) groups is 1. The highest BCUT2D eigenvalue weighted by molar-refractivity contribution is 7.08. The van der Waals surface area contributed by atoms with Gasteiger partial charge in [0.1, 0.15) is 6.04 Å². The average molecular weight is 338 g/mol. The molecule has 3 rings (SSSR count). The highest BCUT2D eigenvalue weighted by atomic mass is 32.1. The van der Waals surface area contributed by atoms with Crippen LogP contribution in [0, 0.1) is 5.92 Å². The van der Waals surface area contributed by atoms with Crippen LogP contribution in [0.15, 0.2) is 53.2 Å². The number of carbonyl (C=O) groups excluding carboxylic acids is 1. The van der Waals surface area contributed by atoms with E-state index in [-0.39, 0.29) is 11.9 Å². The predicted octanol–water partition coefficient (Wildman–Crippen LogP) is 4.88. The molecule has 4 heteroatoms. The van der Waals surface area contributed by atoms with Gasteiger partial charge in [-0.3, -0.25) is 4.79 Å². The Morgan fingerprint density at radius 2 is 1.88 bits per heavy atom. The van der Waals surface area contributed by atoms with Crippen molar-refractivity contribution >= 4 is 33.7 Å². The molecule has 1 aromatic heterocycles. The van der Waals surface area contributed by atoms with Crippen LogP contribution in [0.4, 0.5) is 5.69 Å². The number of anilines is 1. The zero-order chi connectivity index (χ0) is 17.1. The molecular formula is C20H22N2OS. The van der Waals surface area contributed by atoms with Gasteiger partial charge in [0, 0.05) is 16.3 Å². The zero-order valence-corrected chi connectivity index (χ0v) is 14.8. The van der Waals surface area contributed by atoms with Gasteiger partial charge in [0.15, 0.2) is 0 Å². The molecular weight excluding hydrogens is 316 g/mol. The fourth-order valence-corrected chi connectivity index (χ4v) is 3.69. The lowest BCUT2D eigenvalue weighted by atomic mass is 10.0. The Morgan fingerprint density at radius 1 is 1.12 bits per heavy atom. The van der Waals surface area contributed by atoms with Gasteiger partial charge in [-0.15, -0.1) is 11.3 Å². The van der Waals surface area contributed by atoms with Crippen LogP contribution in [0.1, 0.15) is 20.3 Å². The molecule has 1 amide bonds. The molecule has 3 nitrogen and oxygen atoms in total. The van der Waals surface area contributed by atoms with Crippen molar-refractivity contribution in [3.05, 3.63) is 53.2 Å². The van der Waals surface area contributed by atoms with E-state index < -0.39 is 0 Å². The molecule has 0 spiro atoms. The fraction of sp³-hybridized carbons (Fsp3) is 0.250. The molecule has 0 saturated carbocycles. The van der Waals surface area contributed by atoms with Gasteiger partial charge < -0.3 is 11.1 Å². The van der Waals surface area contributed by atoms with Crippen molar-refractivity contribution in [1.82, 2.24) is 0 Å². The van der Waals surface area contributed by atoms with Crippen molar-refractivity contribution in [1.29, 1.82) is 0 Å². The van der Waals surface area contributed by atoms with Crippen molar-refractivity contribution in [2.45, 2.75) is 26.3 Å². The number of rotatable bonds is 6. The highest BCUT2D eigenvalue weighted by Gasteiger charge is 2.19. The van der Waals surface area contributed by atoms with Crippen molar-refractivity contribution in [2.24, 2.45) is 11.7 Å². The summed E-state index contributed by atoms with van der Waals surface area (Å²) in [7, 11) is 0. The molecule has 0 radical (unpaired) electrons. The molecule has 0 aliphatic rings. The van der Waals surface area contributed by atoms with Crippen molar-refractivity contribution in [2.75, 3.05) is 5.32 Å². The maximum atomic E-state index is 11.7. The minimum Gasteiger partial charge on any atom is -0.373 e. The topological polar surface area (TPSA) is 55.1 Å². The van der Waals surface area contributed by atoms with E-state index in [1.165, 1.54) is 10.8 Å². The Morgan fingerprint density at radius 3 is 2.58 bits per heavy atom. The lowest BCUT2D eigenvalue weighted by molar-refractivity contribution is -0.119. The maximum Gasteiger partial charge on any atom is 0.239 e. The number of nitrogens with two attached hydrogens (primary N) is 1. The Hall–Kier alpha value is -2.33. The molecule has 3 N–H and O–H groups in total. The molecule has 0 aliphatic carbocycles. The van der Waals surface area contributed by atoms with E-state index in [0.717, 1.165) is 23.2 Å². The monoisotopic (exact) mass is 338 g/mol. The number of primary amides is 1. The van der Waals surface area contributed by atoms with Crippen LogP contribution >= 0.6 is 11.3 Å². The summed E-state index contributed by atoms with van der Waals surface area (Å²) < 4.78 is 0. The summed E-state index contributed by atoms with van der Waals surface area (Å²) in [4.78, 5) is 11.7. The summed E-state index contributed by atoms with van der Waals surface area (Å²) in [6.07, 6.45) is 0.725. The average Bonchev–Trinajstić information content (AvgIpc) is 3.01. The fourth-order valence-electron chi connectivity index (χ4n) is 2.89. The third-order valence-electron chi connectivity index (χ3n) is 4.10. The molecule has 0 saturated heterocycles. The molecule has 3 aromatic rings. The summed E-state index contributed by atoms with van der Waals surface area (Å²) >= 11 is 1.62. The quantitative estimate of drug-likeness (QED) is 0.673. The molecule has 0 unspecified atom stereocenters. The molecule has 124 valence electrons. The first-order chi connectivity index (χ1) is 11.5. The lowest BCUT2D eigenvalue weighted by Gasteiger charge is -2.19. The first-order valence-electron chi connectivity index (χ1n) is 8.16. The second-order valence-electron chi connectivity index (χ2n) is 6.49. The largest absolute Gasteiger partial charge is 0.373 e. The van der Waals surface area contributed by atoms with Gasteiger partial charge in [-0.05, 0) is 34.7 Å². The normalized spacial score (nSPS) is 12.5.